The van der Waals surface area contributed by atoms with E-state index in [0.717, 1.165) is 27.7 Å². The van der Waals surface area contributed by atoms with Crippen LogP contribution in [0.15, 0.2) is 53.9 Å². The van der Waals surface area contributed by atoms with E-state index in [9.17, 15) is 9.59 Å². The molecule has 4 aromatic rings. The molecular formula is C19H14N8O2. The van der Waals surface area contributed by atoms with Crippen LogP contribution in [0.25, 0.3) is 22.2 Å². The summed E-state index contributed by atoms with van der Waals surface area (Å²) >= 11 is 0. The fraction of sp³-hybridized carbons (Fsp3) is 0.0526. The second-order valence-corrected chi connectivity index (χ2v) is 6.48. The van der Waals surface area contributed by atoms with Crippen molar-refractivity contribution in [3.05, 3.63) is 59.9 Å². The summed E-state index contributed by atoms with van der Waals surface area (Å²) in [5.74, 6) is -0.663. The summed E-state index contributed by atoms with van der Waals surface area (Å²) in [4.78, 5) is 28.2. The number of anilines is 1. The number of benzene rings is 2. The van der Waals surface area contributed by atoms with Crippen LogP contribution in [0.5, 0.6) is 0 Å². The lowest BCUT2D eigenvalue weighted by Gasteiger charge is -2.08. The molecule has 3 heterocycles. The number of hydrogen-bond donors (Lipinski definition) is 3. The van der Waals surface area contributed by atoms with Crippen molar-refractivity contribution < 1.29 is 9.59 Å². The Labute approximate surface area is 163 Å². The highest BCUT2D eigenvalue weighted by Crippen LogP contribution is 2.34. The number of H-pyrrole nitrogens is 1. The van der Waals surface area contributed by atoms with Crippen molar-refractivity contribution in [3.63, 3.8) is 0 Å². The minimum absolute atomic E-state index is 0.0408. The molecule has 0 spiro atoms. The van der Waals surface area contributed by atoms with Crippen LogP contribution in [0.1, 0.15) is 15.9 Å². The van der Waals surface area contributed by atoms with E-state index < -0.39 is 0 Å². The minimum Gasteiger partial charge on any atom is -0.354 e. The van der Waals surface area contributed by atoms with Crippen LogP contribution in [0.4, 0.5) is 5.69 Å². The highest BCUT2D eigenvalue weighted by Gasteiger charge is 2.22. The van der Waals surface area contributed by atoms with E-state index in [1.54, 1.807) is 18.3 Å². The van der Waals surface area contributed by atoms with Gasteiger partial charge in [-0.1, -0.05) is 30.3 Å². The number of nitrogens with one attached hydrogen (secondary N) is 3. The Balaban J connectivity index is 1.59. The van der Waals surface area contributed by atoms with Gasteiger partial charge in [-0.25, -0.2) is 10.1 Å². The van der Waals surface area contributed by atoms with Gasteiger partial charge >= 0.3 is 0 Å². The van der Waals surface area contributed by atoms with E-state index in [0.29, 0.717) is 11.3 Å². The number of tetrazole rings is 1. The largest absolute Gasteiger partial charge is 0.354 e. The van der Waals surface area contributed by atoms with Gasteiger partial charge in [0.1, 0.15) is 12.9 Å². The van der Waals surface area contributed by atoms with Crippen molar-refractivity contribution in [2.24, 2.45) is 5.10 Å². The summed E-state index contributed by atoms with van der Waals surface area (Å²) in [7, 11) is 0. The smallest absolute Gasteiger partial charge is 0.272 e. The molecule has 2 aromatic carbocycles. The normalized spacial score (nSPS) is 12.6. The van der Waals surface area contributed by atoms with E-state index in [2.05, 4.69) is 36.4 Å². The molecule has 0 radical (unpaired) electrons. The van der Waals surface area contributed by atoms with Crippen LogP contribution in [0.2, 0.25) is 0 Å². The van der Waals surface area contributed by atoms with E-state index in [4.69, 9.17) is 0 Å². The van der Waals surface area contributed by atoms with Crippen LogP contribution >= 0.6 is 0 Å². The Hall–Kier alpha value is -4.34. The topological polar surface area (TPSA) is 130 Å². The Morgan fingerprint density at radius 2 is 2.03 bits per heavy atom. The third-order valence-electron chi connectivity index (χ3n) is 4.58. The lowest BCUT2D eigenvalue weighted by Crippen LogP contribution is -2.20. The van der Waals surface area contributed by atoms with Crippen LogP contribution in [0.3, 0.4) is 0 Å². The maximum atomic E-state index is 12.5. The summed E-state index contributed by atoms with van der Waals surface area (Å²) < 4.78 is 1.31. The monoisotopic (exact) mass is 386 g/mol. The van der Waals surface area contributed by atoms with Gasteiger partial charge in [0.2, 0.25) is 5.91 Å². The van der Waals surface area contributed by atoms with Gasteiger partial charge in [0.05, 0.1) is 17.5 Å². The number of carbonyl (C=O) groups is 2. The zero-order valence-electron chi connectivity index (χ0n) is 15.0. The highest BCUT2D eigenvalue weighted by atomic mass is 16.2. The first-order valence-corrected chi connectivity index (χ1v) is 8.78. The lowest BCUT2D eigenvalue weighted by molar-refractivity contribution is -0.116. The average Bonchev–Trinajstić information content (AvgIpc) is 3.32. The number of hydrogen-bond acceptors (Lipinski definition) is 6. The zero-order chi connectivity index (χ0) is 19.8. The minimum atomic E-state index is -0.347. The van der Waals surface area contributed by atoms with E-state index in [1.807, 2.05) is 30.3 Å². The average molecular weight is 386 g/mol. The van der Waals surface area contributed by atoms with Gasteiger partial charge in [-0.05, 0) is 28.1 Å². The number of amides is 2. The molecule has 10 nitrogen and oxygen atoms in total. The second kappa shape index (κ2) is 6.68. The van der Waals surface area contributed by atoms with Gasteiger partial charge in [0, 0.05) is 22.2 Å². The zero-order valence-corrected chi connectivity index (χ0v) is 15.0. The second-order valence-electron chi connectivity index (χ2n) is 6.48. The van der Waals surface area contributed by atoms with Crippen LogP contribution in [-0.4, -0.2) is 43.2 Å². The third-order valence-corrected chi connectivity index (χ3v) is 4.58. The molecule has 0 atom stereocenters. The van der Waals surface area contributed by atoms with Crippen molar-refractivity contribution in [2.75, 3.05) is 5.32 Å². The van der Waals surface area contributed by atoms with E-state index in [1.165, 1.54) is 11.0 Å². The van der Waals surface area contributed by atoms with Crippen LogP contribution < -0.4 is 10.7 Å². The molecule has 3 N–H and O–H groups in total. The van der Waals surface area contributed by atoms with Crippen molar-refractivity contribution in [1.82, 2.24) is 30.6 Å². The molecule has 1 aliphatic heterocycles. The van der Waals surface area contributed by atoms with Gasteiger partial charge < -0.3 is 10.3 Å². The summed E-state index contributed by atoms with van der Waals surface area (Å²) in [5, 5.41) is 18.2. The summed E-state index contributed by atoms with van der Waals surface area (Å²) in [6.07, 6.45) is 2.98. The van der Waals surface area contributed by atoms with Crippen LogP contribution in [0, 0.1) is 0 Å². The summed E-state index contributed by atoms with van der Waals surface area (Å²) in [5.41, 5.74) is 6.76. The summed E-state index contributed by atoms with van der Waals surface area (Å²) in [6.45, 7) is -0.0408. The van der Waals surface area contributed by atoms with Gasteiger partial charge in [0.25, 0.3) is 5.91 Å². The first-order valence-electron chi connectivity index (χ1n) is 8.78. The fourth-order valence-corrected chi connectivity index (χ4v) is 3.39. The maximum absolute atomic E-state index is 12.5. The summed E-state index contributed by atoms with van der Waals surface area (Å²) in [6, 6.07) is 13.2. The maximum Gasteiger partial charge on any atom is 0.272 e. The molecule has 142 valence electrons. The highest BCUT2D eigenvalue weighted by molar-refractivity contribution is 6.18. The standard InChI is InChI=1S/C19H14N8O2/c28-16(9-27-10-21-25-26-27)22-12-6-13-17-14(8-20-24-19(13)29)18(23-15(17)7-12)11-4-2-1-3-5-11/h1-8,10,23H,9H2,(H,22,28)(H,24,29). The quantitative estimate of drug-likeness (QED) is 0.490. The number of rotatable bonds is 4. The number of hydrazone groups is 1. The van der Waals surface area contributed by atoms with Gasteiger partial charge in [0.15, 0.2) is 0 Å². The lowest BCUT2D eigenvalue weighted by atomic mass is 10.0. The third kappa shape index (κ3) is 3.02. The molecule has 0 unspecified atom stereocenters. The number of carbonyl (C=O) groups excluding carboxylic acids is 2. The Bertz CT molecular complexity index is 1260. The molecule has 5 rings (SSSR count). The first kappa shape index (κ1) is 16.8. The molecule has 0 saturated heterocycles. The van der Waals surface area contributed by atoms with E-state index in [-0.39, 0.29) is 18.4 Å². The molecule has 0 fully saturated rings. The molecule has 2 amide bonds. The van der Waals surface area contributed by atoms with Crippen molar-refractivity contribution in [1.29, 1.82) is 0 Å². The number of aromatic amines is 1. The molecular weight excluding hydrogens is 372 g/mol. The van der Waals surface area contributed by atoms with Crippen molar-refractivity contribution >= 4 is 34.6 Å². The fourth-order valence-electron chi connectivity index (χ4n) is 3.39. The first-order chi connectivity index (χ1) is 14.2. The van der Waals surface area contributed by atoms with Crippen molar-refractivity contribution in [3.8, 4) is 11.3 Å². The predicted octanol–water partition coefficient (Wildman–Crippen LogP) is 1.54. The molecule has 0 bridgehead atoms. The predicted molar refractivity (Wildman–Crippen MR) is 105 cm³/mol. The SMILES string of the molecule is O=C(Cn1cnnn1)Nc1cc2c3c(c(-c4ccccc4)[nH]c3c1)C=NNC2=O. The Kier molecular flexibility index (Phi) is 3.87. The number of aromatic nitrogens is 5. The molecule has 1 aliphatic rings. The van der Waals surface area contributed by atoms with Gasteiger partial charge in [-0.2, -0.15) is 5.10 Å². The van der Waals surface area contributed by atoms with Crippen LogP contribution in [-0.2, 0) is 11.3 Å². The number of nitrogens with zero attached hydrogens (tertiary/aromatic N) is 5. The Morgan fingerprint density at radius 1 is 1.17 bits per heavy atom. The van der Waals surface area contributed by atoms with Gasteiger partial charge in [-0.3, -0.25) is 9.59 Å². The molecule has 2 aromatic heterocycles. The molecule has 0 aliphatic carbocycles. The van der Waals surface area contributed by atoms with Crippen molar-refractivity contribution in [2.45, 2.75) is 6.54 Å². The molecule has 29 heavy (non-hydrogen) atoms. The van der Waals surface area contributed by atoms with Gasteiger partial charge in [-0.15, -0.1) is 5.10 Å². The molecule has 0 saturated carbocycles. The molecule has 10 heteroatoms. The van der Waals surface area contributed by atoms with E-state index >= 15 is 0 Å². The Morgan fingerprint density at radius 3 is 2.83 bits per heavy atom.